The molecule has 0 spiro atoms. The van der Waals surface area contributed by atoms with Gasteiger partial charge in [-0.3, -0.25) is 4.79 Å². The summed E-state index contributed by atoms with van der Waals surface area (Å²) >= 11 is 0. The topological polar surface area (TPSA) is 114 Å². The number of benzene rings is 1. The molecule has 1 aliphatic carbocycles. The number of likely N-dealkylation sites (tertiary alicyclic amines) is 1. The van der Waals surface area contributed by atoms with E-state index in [4.69, 9.17) is 14.6 Å². The van der Waals surface area contributed by atoms with E-state index in [1.54, 1.807) is 4.90 Å². The molecule has 2 aliphatic rings. The largest absolute Gasteiger partial charge is 0.487 e. The molecule has 35 heavy (non-hydrogen) atoms. The first-order valence-corrected chi connectivity index (χ1v) is 11.6. The molecule has 9 nitrogen and oxygen atoms in total. The molecule has 1 saturated carbocycles. The smallest absolute Gasteiger partial charge is 0.410 e. The number of nitrogens with zero attached hydrogens (tertiary/aromatic N) is 3. The zero-order chi connectivity index (χ0) is 25.0. The average molecular weight is 491 g/mol. The molecule has 1 aromatic carbocycles. The molecule has 1 aromatic heterocycles. The molecule has 0 atom stereocenters. The number of carbonyl (C=O) groups excluding carboxylic acids is 2. The van der Waals surface area contributed by atoms with E-state index in [1.165, 1.54) is 12.4 Å². The summed E-state index contributed by atoms with van der Waals surface area (Å²) < 4.78 is 40.3. The van der Waals surface area contributed by atoms with Crippen LogP contribution >= 0.6 is 0 Å². The lowest BCUT2D eigenvalue weighted by atomic mass is 9.98. The highest BCUT2D eigenvalue weighted by molar-refractivity contribution is 5.90. The Balaban J connectivity index is 1.31. The van der Waals surface area contributed by atoms with Crippen molar-refractivity contribution >= 4 is 12.0 Å². The van der Waals surface area contributed by atoms with Gasteiger partial charge in [0.1, 0.15) is 5.60 Å². The molecule has 2 aromatic rings. The number of piperidine rings is 1. The molecule has 0 unspecified atom stereocenters. The van der Waals surface area contributed by atoms with E-state index in [0.29, 0.717) is 31.5 Å². The lowest BCUT2D eigenvalue weighted by molar-refractivity contribution is 0.0453. The SMILES string of the molecule is CC1(OC(=O)N2CCC(COc3c(F)cc(-c4cnc(C(=O)NCCO)nc4)cc3F)CC2)CC1. The van der Waals surface area contributed by atoms with Crippen LogP contribution in [0.3, 0.4) is 0 Å². The van der Waals surface area contributed by atoms with E-state index in [2.05, 4.69) is 15.3 Å². The Morgan fingerprint density at radius 3 is 2.34 bits per heavy atom. The average Bonchev–Trinajstić information content (AvgIpc) is 3.58. The summed E-state index contributed by atoms with van der Waals surface area (Å²) in [7, 11) is 0. The Morgan fingerprint density at radius 1 is 1.14 bits per heavy atom. The number of aliphatic hydroxyl groups excluding tert-OH is 1. The van der Waals surface area contributed by atoms with Crippen LogP contribution in [0, 0.1) is 17.6 Å². The quantitative estimate of drug-likeness (QED) is 0.585. The summed E-state index contributed by atoms with van der Waals surface area (Å²) in [6.45, 7) is 2.93. The Kier molecular flexibility index (Phi) is 7.44. The first kappa shape index (κ1) is 24.8. The highest BCUT2D eigenvalue weighted by Crippen LogP contribution is 2.39. The van der Waals surface area contributed by atoms with Crippen LogP contribution in [0.5, 0.6) is 5.75 Å². The van der Waals surface area contributed by atoms with Gasteiger partial charge in [0.25, 0.3) is 5.91 Å². The zero-order valence-corrected chi connectivity index (χ0v) is 19.4. The minimum Gasteiger partial charge on any atom is -0.487 e. The number of hydrogen-bond acceptors (Lipinski definition) is 7. The van der Waals surface area contributed by atoms with E-state index in [0.717, 1.165) is 25.0 Å². The molecule has 11 heteroatoms. The number of ether oxygens (including phenoxy) is 2. The van der Waals surface area contributed by atoms with Gasteiger partial charge < -0.3 is 24.8 Å². The molecule has 4 rings (SSSR count). The van der Waals surface area contributed by atoms with Gasteiger partial charge in [0.15, 0.2) is 17.4 Å². The summed E-state index contributed by atoms with van der Waals surface area (Å²) in [6, 6.07) is 2.25. The molecule has 1 aliphatic heterocycles. The van der Waals surface area contributed by atoms with Crippen LogP contribution in [0.25, 0.3) is 11.1 Å². The third-order valence-corrected chi connectivity index (χ3v) is 6.21. The fourth-order valence-corrected chi connectivity index (χ4v) is 3.74. The fourth-order valence-electron chi connectivity index (χ4n) is 3.74. The van der Waals surface area contributed by atoms with Crippen LogP contribution in [0.4, 0.5) is 13.6 Å². The summed E-state index contributed by atoms with van der Waals surface area (Å²) in [5, 5.41) is 11.2. The Morgan fingerprint density at radius 2 is 1.77 bits per heavy atom. The second kappa shape index (κ2) is 10.5. The lowest BCUT2D eigenvalue weighted by Gasteiger charge is -2.32. The second-order valence-corrected chi connectivity index (χ2v) is 9.10. The number of rotatable bonds is 8. The van der Waals surface area contributed by atoms with Crippen molar-refractivity contribution in [1.29, 1.82) is 0 Å². The molecule has 2 N–H and O–H groups in total. The van der Waals surface area contributed by atoms with Crippen LogP contribution in [0.1, 0.15) is 43.2 Å². The van der Waals surface area contributed by atoms with E-state index >= 15 is 0 Å². The normalized spacial score (nSPS) is 17.1. The van der Waals surface area contributed by atoms with Gasteiger partial charge >= 0.3 is 6.09 Å². The van der Waals surface area contributed by atoms with Gasteiger partial charge in [-0.05, 0) is 56.2 Å². The summed E-state index contributed by atoms with van der Waals surface area (Å²) in [5.74, 6) is -2.80. The van der Waals surface area contributed by atoms with Gasteiger partial charge in [-0.25, -0.2) is 23.5 Å². The number of nitrogens with one attached hydrogen (secondary N) is 1. The number of carbonyl (C=O) groups is 2. The van der Waals surface area contributed by atoms with E-state index in [-0.39, 0.29) is 48.8 Å². The molecule has 188 valence electrons. The van der Waals surface area contributed by atoms with Crippen LogP contribution in [0.15, 0.2) is 24.5 Å². The van der Waals surface area contributed by atoms with E-state index < -0.39 is 23.3 Å². The Labute approximate surface area is 201 Å². The Bertz CT molecular complexity index is 1050. The number of halogens is 2. The number of amides is 2. The van der Waals surface area contributed by atoms with Gasteiger partial charge in [0.2, 0.25) is 5.82 Å². The maximum atomic E-state index is 14.7. The molecule has 0 bridgehead atoms. The van der Waals surface area contributed by atoms with Crippen LogP contribution < -0.4 is 10.1 Å². The zero-order valence-electron chi connectivity index (χ0n) is 19.4. The van der Waals surface area contributed by atoms with Crippen molar-refractivity contribution in [1.82, 2.24) is 20.2 Å². The molecule has 0 radical (unpaired) electrons. The number of hydrogen-bond donors (Lipinski definition) is 2. The minimum atomic E-state index is -0.858. The predicted octanol–water partition coefficient (Wildman–Crippen LogP) is 2.92. The molecule has 2 amide bonds. The van der Waals surface area contributed by atoms with E-state index in [9.17, 15) is 18.4 Å². The van der Waals surface area contributed by atoms with Crippen LogP contribution in [-0.4, -0.2) is 70.4 Å². The van der Waals surface area contributed by atoms with Gasteiger partial charge in [0, 0.05) is 37.6 Å². The van der Waals surface area contributed by atoms with E-state index in [1.807, 2.05) is 6.92 Å². The number of aliphatic hydroxyl groups is 1. The summed E-state index contributed by atoms with van der Waals surface area (Å²) in [4.78, 5) is 33.5. The molecule has 2 heterocycles. The van der Waals surface area contributed by atoms with Crippen LogP contribution in [-0.2, 0) is 4.74 Å². The first-order valence-electron chi connectivity index (χ1n) is 11.6. The highest BCUT2D eigenvalue weighted by atomic mass is 19.1. The maximum absolute atomic E-state index is 14.7. The third kappa shape index (κ3) is 6.21. The van der Waals surface area contributed by atoms with Crippen molar-refractivity contribution in [2.75, 3.05) is 32.8 Å². The van der Waals surface area contributed by atoms with Gasteiger partial charge in [-0.15, -0.1) is 0 Å². The van der Waals surface area contributed by atoms with Crippen molar-refractivity contribution in [2.24, 2.45) is 5.92 Å². The highest BCUT2D eigenvalue weighted by Gasteiger charge is 2.43. The van der Waals surface area contributed by atoms with Gasteiger partial charge in [-0.2, -0.15) is 0 Å². The third-order valence-electron chi connectivity index (χ3n) is 6.21. The summed E-state index contributed by atoms with van der Waals surface area (Å²) in [5.41, 5.74) is 0.208. The van der Waals surface area contributed by atoms with Crippen molar-refractivity contribution in [2.45, 2.75) is 38.2 Å². The first-order chi connectivity index (χ1) is 16.8. The molecule has 2 fully saturated rings. The Hall–Kier alpha value is -3.34. The van der Waals surface area contributed by atoms with Crippen molar-refractivity contribution in [3.8, 4) is 16.9 Å². The van der Waals surface area contributed by atoms with Crippen molar-refractivity contribution < 1.29 is 33.0 Å². The summed E-state index contributed by atoms with van der Waals surface area (Å²) in [6.07, 6.45) is 5.36. The molecular formula is C24H28F2N4O5. The van der Waals surface area contributed by atoms with Crippen molar-refractivity contribution in [3.05, 3.63) is 42.0 Å². The predicted molar refractivity (Wildman–Crippen MR) is 121 cm³/mol. The van der Waals surface area contributed by atoms with Crippen molar-refractivity contribution in [3.63, 3.8) is 0 Å². The lowest BCUT2D eigenvalue weighted by Crippen LogP contribution is -2.41. The fraction of sp³-hybridized carbons (Fsp3) is 0.500. The maximum Gasteiger partial charge on any atom is 0.410 e. The second-order valence-electron chi connectivity index (χ2n) is 9.10. The number of aromatic nitrogens is 2. The monoisotopic (exact) mass is 490 g/mol. The van der Waals surface area contributed by atoms with Gasteiger partial charge in [-0.1, -0.05) is 0 Å². The van der Waals surface area contributed by atoms with Crippen LogP contribution in [0.2, 0.25) is 0 Å². The molecular weight excluding hydrogens is 462 g/mol. The standard InChI is InChI=1S/C24H28F2N4O5/c1-24(4-5-24)35-23(33)30-7-2-15(3-8-30)14-34-20-18(25)10-16(11-19(20)26)17-12-28-21(29-13-17)22(32)27-6-9-31/h10-13,15,31H,2-9,14H2,1H3,(H,27,32). The van der Waals surface area contributed by atoms with Gasteiger partial charge in [0.05, 0.1) is 13.2 Å². The molecule has 1 saturated heterocycles. The minimum absolute atomic E-state index is 0.0620.